The molecule has 3 heterocycles. The molecule has 1 aliphatic rings. The molecule has 0 radical (unpaired) electrons. The summed E-state index contributed by atoms with van der Waals surface area (Å²) in [6, 6.07) is 6.36. The van der Waals surface area contributed by atoms with Crippen molar-refractivity contribution in [1.82, 2.24) is 20.1 Å². The highest BCUT2D eigenvalue weighted by Gasteiger charge is 2.27. The Morgan fingerprint density at radius 1 is 1.23 bits per heavy atom. The molecule has 4 rings (SSSR count). The van der Waals surface area contributed by atoms with E-state index in [0.717, 1.165) is 32.3 Å². The van der Waals surface area contributed by atoms with Gasteiger partial charge in [0.1, 0.15) is 5.82 Å². The number of carbonyl (C=O) groups excluding carboxylic acids is 1. The van der Waals surface area contributed by atoms with E-state index in [1.807, 2.05) is 7.05 Å². The number of amides is 1. The number of hydrogen-bond donors (Lipinski definition) is 0. The lowest BCUT2D eigenvalue weighted by Gasteiger charge is -2.37. The molecule has 1 saturated heterocycles. The second-order valence-electron chi connectivity index (χ2n) is 8.44. The summed E-state index contributed by atoms with van der Waals surface area (Å²) in [6.45, 7) is 2.05. The van der Waals surface area contributed by atoms with Gasteiger partial charge in [0.25, 0.3) is 5.89 Å². The Morgan fingerprint density at radius 2 is 1.97 bits per heavy atom. The molecule has 0 spiro atoms. The maximum absolute atomic E-state index is 14.5. The second-order valence-corrected chi connectivity index (χ2v) is 9.30. The van der Waals surface area contributed by atoms with Crippen LogP contribution in [0.1, 0.15) is 30.9 Å². The molecule has 1 fully saturated rings. The summed E-state index contributed by atoms with van der Waals surface area (Å²) < 4.78 is 45.2. The molecule has 1 aromatic carbocycles. The number of likely N-dealkylation sites (tertiary alicyclic amines) is 1. The van der Waals surface area contributed by atoms with Gasteiger partial charge in [-0.1, -0.05) is 0 Å². The minimum atomic E-state index is -2.85. The maximum atomic E-state index is 14.5. The van der Waals surface area contributed by atoms with Gasteiger partial charge in [0, 0.05) is 25.4 Å². The molecule has 12 heteroatoms. The molecule has 2 aromatic heterocycles. The van der Waals surface area contributed by atoms with Crippen LogP contribution in [0.15, 0.2) is 39.4 Å². The van der Waals surface area contributed by atoms with Crippen molar-refractivity contribution >= 4 is 33.7 Å². The molecule has 0 bridgehead atoms. The average molecular weight is 553 g/mol. The fraction of sp³-hybridized carbons (Fsp3) is 0.391. The molecule has 0 atom stereocenters. The Bertz CT molecular complexity index is 1170. The van der Waals surface area contributed by atoms with Crippen LogP contribution in [0.25, 0.3) is 11.5 Å². The molecule has 0 unspecified atom stereocenters. The van der Waals surface area contributed by atoms with E-state index < -0.39 is 18.1 Å². The second kappa shape index (κ2) is 10.7. The Balaban J connectivity index is 1.56. The van der Waals surface area contributed by atoms with Crippen LogP contribution in [0.5, 0.6) is 0 Å². The van der Waals surface area contributed by atoms with Gasteiger partial charge < -0.3 is 19.1 Å². The predicted octanol–water partition coefficient (Wildman–Crippen LogP) is 4.66. The molecule has 3 aromatic rings. The number of halogens is 4. The van der Waals surface area contributed by atoms with Crippen LogP contribution in [0, 0.1) is 5.82 Å². The van der Waals surface area contributed by atoms with Gasteiger partial charge in [-0.05, 0) is 67.1 Å². The highest BCUT2D eigenvalue weighted by Crippen LogP contribution is 2.36. The van der Waals surface area contributed by atoms with Gasteiger partial charge in [0.15, 0.2) is 0 Å². The van der Waals surface area contributed by atoms with Gasteiger partial charge in [-0.25, -0.2) is 4.39 Å². The normalized spacial score (nSPS) is 14.9. The third-order valence-corrected chi connectivity index (χ3v) is 6.61. The van der Waals surface area contributed by atoms with Crippen LogP contribution in [0.3, 0.4) is 0 Å². The lowest BCUT2D eigenvalue weighted by molar-refractivity contribution is -0.108. The Morgan fingerprint density at radius 3 is 2.57 bits per heavy atom. The number of anilines is 2. The number of carbonyl (C=O) groups is 1. The fourth-order valence-corrected chi connectivity index (χ4v) is 4.39. The molecule has 0 N–H and O–H groups in total. The first-order chi connectivity index (χ1) is 16.8. The summed E-state index contributed by atoms with van der Waals surface area (Å²) in [7, 11) is 3.83. The van der Waals surface area contributed by atoms with Crippen molar-refractivity contribution < 1.29 is 22.4 Å². The molecule has 8 nitrogen and oxygen atoms in total. The number of rotatable bonds is 8. The van der Waals surface area contributed by atoms with E-state index >= 15 is 0 Å². The van der Waals surface area contributed by atoms with Gasteiger partial charge in [-0.3, -0.25) is 9.78 Å². The zero-order valence-electron chi connectivity index (χ0n) is 19.2. The topological polar surface area (TPSA) is 78.6 Å². The first-order valence-corrected chi connectivity index (χ1v) is 11.7. The Hall–Kier alpha value is -2.99. The molecule has 1 amide bonds. The molecule has 0 saturated carbocycles. The monoisotopic (exact) mass is 552 g/mol. The van der Waals surface area contributed by atoms with Gasteiger partial charge in [-0.2, -0.15) is 8.78 Å². The highest BCUT2D eigenvalue weighted by atomic mass is 79.9. The Labute approximate surface area is 208 Å². The third-order valence-electron chi connectivity index (χ3n) is 6.00. The first kappa shape index (κ1) is 25.1. The van der Waals surface area contributed by atoms with Crippen molar-refractivity contribution in [1.29, 1.82) is 0 Å². The molecular formula is C23H24BrF3N6O2. The fourth-order valence-electron chi connectivity index (χ4n) is 4.06. The predicted molar refractivity (Wildman–Crippen MR) is 128 cm³/mol. The largest absolute Gasteiger partial charge is 0.415 e. The van der Waals surface area contributed by atoms with Gasteiger partial charge in [0.2, 0.25) is 12.3 Å². The highest BCUT2D eigenvalue weighted by molar-refractivity contribution is 9.10. The third kappa shape index (κ3) is 5.64. The summed E-state index contributed by atoms with van der Waals surface area (Å²) in [5, 5.41) is 6.94. The molecule has 186 valence electrons. The molecular weight excluding hydrogens is 529 g/mol. The summed E-state index contributed by atoms with van der Waals surface area (Å²) in [5.74, 6) is -1.25. The van der Waals surface area contributed by atoms with Crippen LogP contribution in [0.4, 0.5) is 24.5 Å². The van der Waals surface area contributed by atoms with Crippen LogP contribution >= 0.6 is 15.9 Å². The summed E-state index contributed by atoms with van der Waals surface area (Å²) >= 11 is 3.24. The van der Waals surface area contributed by atoms with E-state index in [9.17, 15) is 18.0 Å². The van der Waals surface area contributed by atoms with Crippen molar-refractivity contribution in [3.63, 3.8) is 0 Å². The average Bonchev–Trinajstić information content (AvgIpc) is 3.34. The number of benzene rings is 1. The van der Waals surface area contributed by atoms with Crippen molar-refractivity contribution in [2.24, 2.45) is 0 Å². The van der Waals surface area contributed by atoms with Crippen LogP contribution in [-0.2, 0) is 11.3 Å². The van der Waals surface area contributed by atoms with Crippen LogP contribution in [0.2, 0.25) is 0 Å². The minimum Gasteiger partial charge on any atom is -0.415 e. The lowest BCUT2D eigenvalue weighted by atomic mass is 10.0. The van der Waals surface area contributed by atoms with E-state index in [2.05, 4.69) is 36.0 Å². The van der Waals surface area contributed by atoms with Crippen molar-refractivity contribution in [2.75, 3.05) is 37.0 Å². The van der Waals surface area contributed by atoms with Gasteiger partial charge in [-0.15, -0.1) is 10.2 Å². The number of alkyl halides is 2. The van der Waals surface area contributed by atoms with Crippen LogP contribution in [-0.4, -0.2) is 59.7 Å². The number of hydrogen-bond acceptors (Lipinski definition) is 7. The van der Waals surface area contributed by atoms with Crippen molar-refractivity contribution in [3.8, 4) is 11.5 Å². The van der Waals surface area contributed by atoms with Gasteiger partial charge in [0.05, 0.1) is 33.6 Å². The summed E-state index contributed by atoms with van der Waals surface area (Å²) in [5.41, 5.74) is 2.19. The molecule has 0 aliphatic carbocycles. The van der Waals surface area contributed by atoms with Crippen molar-refractivity contribution in [2.45, 2.75) is 31.9 Å². The zero-order chi connectivity index (χ0) is 25.1. The Kier molecular flexibility index (Phi) is 7.70. The SMILES string of the molecule is CN1CCC(N(C=O)c2cc(Br)c(F)cc2N(C)Cc2ccc(-c3nnc(C(F)F)o3)cn2)CC1. The van der Waals surface area contributed by atoms with E-state index in [1.54, 1.807) is 35.0 Å². The van der Waals surface area contributed by atoms with E-state index in [4.69, 9.17) is 4.42 Å². The molecule has 1 aliphatic heterocycles. The summed E-state index contributed by atoms with van der Waals surface area (Å²) in [4.78, 5) is 22.2. The molecule has 35 heavy (non-hydrogen) atoms. The quantitative estimate of drug-likeness (QED) is 0.376. The number of nitrogens with zero attached hydrogens (tertiary/aromatic N) is 6. The lowest BCUT2D eigenvalue weighted by Crippen LogP contribution is -2.43. The number of aromatic nitrogens is 3. The van der Waals surface area contributed by atoms with Crippen LogP contribution < -0.4 is 9.80 Å². The minimum absolute atomic E-state index is 0.0122. The standard InChI is InChI=1S/C23H24BrF3N6O2/c1-31-7-5-16(6-8-31)33(13-34)20-9-17(24)18(25)10-19(20)32(2)12-15-4-3-14(11-28-15)22-29-30-23(35-22)21(26)27/h3-4,9-11,13,16,21H,5-8,12H2,1-2H3. The van der Waals surface area contributed by atoms with E-state index in [1.165, 1.54) is 12.3 Å². The van der Waals surface area contributed by atoms with E-state index in [0.29, 0.717) is 29.2 Å². The van der Waals surface area contributed by atoms with Gasteiger partial charge >= 0.3 is 6.43 Å². The van der Waals surface area contributed by atoms with Crippen molar-refractivity contribution in [3.05, 3.63) is 52.3 Å². The number of pyridine rings is 1. The maximum Gasteiger partial charge on any atom is 0.314 e. The first-order valence-electron chi connectivity index (χ1n) is 11.0. The number of piperidine rings is 1. The summed E-state index contributed by atoms with van der Waals surface area (Å²) in [6.07, 6.45) is 1.04. The zero-order valence-corrected chi connectivity index (χ0v) is 20.8. The van der Waals surface area contributed by atoms with E-state index in [-0.39, 0.29) is 16.4 Å². The smallest absolute Gasteiger partial charge is 0.314 e.